The van der Waals surface area contributed by atoms with Gasteiger partial charge in [-0.25, -0.2) is 58.3 Å². The predicted octanol–water partition coefficient (Wildman–Crippen LogP) is 13.9. The Morgan fingerprint density at radius 2 is 0.944 bits per heavy atom. The third-order valence-electron chi connectivity index (χ3n) is 20.8. The molecule has 17 rings (SSSR count). The van der Waals surface area contributed by atoms with E-state index < -0.39 is 0 Å². The normalized spacial score (nSPS) is 14.5. The number of imidazole rings is 3. The summed E-state index contributed by atoms with van der Waals surface area (Å²) in [5.41, 5.74) is 24.0. The molecule has 3 fully saturated rings. The number of amides is 3. The number of rotatable bonds is 25. The lowest BCUT2D eigenvalue weighted by molar-refractivity contribution is -0.128. The first-order chi connectivity index (χ1) is 59.9. The highest BCUT2D eigenvalue weighted by Crippen LogP contribution is 2.35. The molecule has 8 heterocycles. The first-order valence-electron chi connectivity index (χ1n) is 40.2. The molecular formula is C93H93N21O10. The number of carbonyl (C=O) groups excluding carboxylic acids is 3. The van der Waals surface area contributed by atoms with E-state index in [-0.39, 0.29) is 71.4 Å². The molecule has 6 aromatic heterocycles. The van der Waals surface area contributed by atoms with Crippen molar-refractivity contribution < 1.29 is 33.3 Å². The molecule has 0 radical (unpaired) electrons. The molecule has 3 amide bonds. The maximum Gasteiger partial charge on any atom is 0.339 e. The molecule has 1 aliphatic carbocycles. The van der Waals surface area contributed by atoms with Crippen LogP contribution in [-0.2, 0) is 19.1 Å². The Balaban J connectivity index is 0.000000151. The fourth-order valence-electron chi connectivity index (χ4n) is 14.7. The molecule has 31 heteroatoms. The Labute approximate surface area is 713 Å². The minimum Gasteiger partial charge on any atom is -0.457 e. The Morgan fingerprint density at radius 1 is 0.516 bits per heavy atom. The highest BCUT2D eigenvalue weighted by molar-refractivity contribution is 6.00. The number of likely N-dealkylation sites (N-methyl/N-ethyl adjacent to an activating group) is 2. The topological polar surface area (TPSA) is 362 Å². The van der Waals surface area contributed by atoms with Gasteiger partial charge in [-0.1, -0.05) is 99.3 Å². The van der Waals surface area contributed by atoms with E-state index in [1.54, 1.807) is 137 Å². The second kappa shape index (κ2) is 39.2. The van der Waals surface area contributed by atoms with Gasteiger partial charge in [0.2, 0.25) is 17.5 Å². The van der Waals surface area contributed by atoms with Gasteiger partial charge in [-0.3, -0.25) is 37.6 Å². The number of aromatic nitrogens is 12. The Hall–Kier alpha value is -15.4. The zero-order valence-corrected chi connectivity index (χ0v) is 67.7. The number of para-hydroxylation sites is 3. The third kappa shape index (κ3) is 19.7. The molecule has 8 aromatic carbocycles. The van der Waals surface area contributed by atoms with E-state index in [9.17, 15) is 28.8 Å². The summed E-state index contributed by atoms with van der Waals surface area (Å²) in [7, 11) is 4.02. The van der Waals surface area contributed by atoms with Crippen LogP contribution in [0.4, 0.5) is 28.8 Å². The first kappa shape index (κ1) is 85.0. The van der Waals surface area contributed by atoms with E-state index in [1.165, 1.54) is 54.0 Å². The molecule has 124 heavy (non-hydrogen) atoms. The number of nitrogens with two attached hydrogens (primary N) is 3. The lowest BCUT2D eigenvalue weighted by Gasteiger charge is -2.33. The Morgan fingerprint density at radius 3 is 1.37 bits per heavy atom. The molecule has 1 saturated carbocycles. The number of ether oxygens (including phenoxy) is 4. The minimum atomic E-state index is -0.388. The van der Waals surface area contributed by atoms with Gasteiger partial charge in [0, 0.05) is 62.4 Å². The number of piperidine rings is 1. The molecule has 8 N–H and O–H groups in total. The summed E-state index contributed by atoms with van der Waals surface area (Å²) in [4.78, 5) is 115. The fourth-order valence-corrected chi connectivity index (χ4v) is 14.7. The summed E-state index contributed by atoms with van der Waals surface area (Å²) in [6, 6.07) is 63.7. The zero-order chi connectivity index (χ0) is 85.5. The SMILES string of the molecule is C.CCCN(C)C/C=C/C(=O)Nc1cccc(-n2c(=O)n(-c3ccc(Oc4ccccc4)cc3)c3c(N)ncnc32)c1.CN(C/C=C/C(=O)Nc1cccc(-n2c(=O)n(-c3ccc(Oc4ccccc4)cc3)c3c(N)ncnc32)c1)[C@H]1CCOC1.[C-]#[N+]/C(=C\C1CC1)C(=O)N1CCC[C@@H](n2c(=O)n(-c3ccc(Oc4ccccc4)cc3)c3c(N)ncnc32)C1. The maximum atomic E-state index is 13.9. The number of hydrogen-bond acceptors (Lipinski definition) is 21. The van der Waals surface area contributed by atoms with Crippen LogP contribution in [0.3, 0.4) is 0 Å². The second-order valence-corrected chi connectivity index (χ2v) is 29.6. The van der Waals surface area contributed by atoms with Crippen LogP contribution in [0, 0.1) is 12.5 Å². The van der Waals surface area contributed by atoms with E-state index in [1.807, 2.05) is 117 Å². The van der Waals surface area contributed by atoms with Crippen LogP contribution in [-0.4, -0.2) is 156 Å². The van der Waals surface area contributed by atoms with Crippen LogP contribution in [0.15, 0.2) is 282 Å². The minimum absolute atomic E-state index is 0. The van der Waals surface area contributed by atoms with Crippen molar-refractivity contribution in [2.24, 2.45) is 5.92 Å². The van der Waals surface area contributed by atoms with Gasteiger partial charge in [0.1, 0.15) is 70.0 Å². The van der Waals surface area contributed by atoms with E-state index in [4.69, 9.17) is 42.7 Å². The quantitative estimate of drug-likeness (QED) is 0.0262. The monoisotopic (exact) mass is 1660 g/mol. The smallest absolute Gasteiger partial charge is 0.339 e. The molecule has 2 atom stereocenters. The zero-order valence-electron chi connectivity index (χ0n) is 67.7. The molecular weight excluding hydrogens is 1570 g/mol. The molecule has 0 spiro atoms. The standard InChI is InChI=1S/C32H31N7O4.C31H31N7O3.C29H27N7O3.CH4/c1-37(25-16-18-42-20-25)17-6-11-28(40)36-22-7-5-8-24(19-22)39-31-29(30(33)34-21-35-31)38(32(39)41)23-12-14-27(15-13-23)43-26-9-3-2-4-10-26;1-3-18-36(2)19-8-13-27(39)35-22-9-7-10-24(20-22)38-30-28(29(32)33-21-34-30)37(31(38)40)23-14-16-26(17-15-23)41-25-11-5-4-6-12-25;1-31-24(16-19-9-10-19)28(37)34-15-5-6-21(17-34)36-27-25(26(30)32-18-33-27)35(29(36)38)20-11-13-23(14-12-20)39-22-7-3-2-4-8-22;/h2-15,19,21,25H,16-18,20H2,1H3,(H,36,40)(H2,33,34,35);4-17,20-21H,3,18-19H2,1-2H3,(H,35,39)(H2,32,33,34);2-4,7-8,11-14,16,18-19,21H,5-6,9-10,15,17H2,(H2,30,32,33);1H4/b11-6+;13-8+;24-16-;/t25-;;21-;/m0.1./s1. The van der Waals surface area contributed by atoms with Gasteiger partial charge in [-0.2, -0.15) is 0 Å². The number of likely N-dealkylation sites (tertiary alicyclic amines) is 1. The van der Waals surface area contributed by atoms with E-state index in [0.29, 0.717) is 165 Å². The summed E-state index contributed by atoms with van der Waals surface area (Å²) in [5.74, 6) is 4.02. The summed E-state index contributed by atoms with van der Waals surface area (Å²) in [6.45, 7) is 14.2. The molecule has 630 valence electrons. The van der Waals surface area contributed by atoms with Gasteiger partial charge in [-0.05, 0) is 211 Å². The number of benzene rings is 8. The maximum absolute atomic E-state index is 13.9. The molecule has 14 aromatic rings. The number of nitrogen functional groups attached to an aromatic ring is 3. The molecule has 0 unspecified atom stereocenters. The molecule has 0 bridgehead atoms. The van der Waals surface area contributed by atoms with Gasteiger partial charge < -0.3 is 56.6 Å². The lowest BCUT2D eigenvalue weighted by atomic mass is 10.0. The number of anilines is 5. The number of hydrogen-bond donors (Lipinski definition) is 5. The van der Waals surface area contributed by atoms with Crippen molar-refractivity contribution in [2.45, 2.75) is 65.0 Å². The molecule has 3 aliphatic rings. The number of fused-ring (bicyclic) bond motifs is 3. The van der Waals surface area contributed by atoms with Crippen LogP contribution in [0.5, 0.6) is 34.5 Å². The van der Waals surface area contributed by atoms with Crippen LogP contribution in [0.1, 0.15) is 58.9 Å². The Bertz CT molecular complexity index is 6470. The fraction of sp³-hybridized carbons (Fsp3) is 0.215. The van der Waals surface area contributed by atoms with Crippen molar-refractivity contribution >= 4 is 80.0 Å². The van der Waals surface area contributed by atoms with Crippen LogP contribution in [0.25, 0.3) is 66.8 Å². The third-order valence-corrected chi connectivity index (χ3v) is 20.8. The summed E-state index contributed by atoms with van der Waals surface area (Å²) < 4.78 is 32.1. The van der Waals surface area contributed by atoms with Crippen LogP contribution in [0.2, 0.25) is 0 Å². The van der Waals surface area contributed by atoms with Crippen molar-refractivity contribution in [3.8, 4) is 62.9 Å². The van der Waals surface area contributed by atoms with E-state index in [2.05, 4.69) is 62.1 Å². The largest absolute Gasteiger partial charge is 0.457 e. The highest BCUT2D eigenvalue weighted by atomic mass is 16.5. The number of nitrogens with one attached hydrogen (secondary N) is 2. The van der Waals surface area contributed by atoms with Crippen molar-refractivity contribution in [3.63, 3.8) is 0 Å². The molecule has 2 saturated heterocycles. The van der Waals surface area contributed by atoms with Gasteiger partial charge in [0.05, 0.1) is 47.7 Å². The summed E-state index contributed by atoms with van der Waals surface area (Å²) in [6.07, 6.45) is 17.9. The van der Waals surface area contributed by atoms with Gasteiger partial charge in [0.25, 0.3) is 5.91 Å². The first-order valence-corrected chi connectivity index (χ1v) is 40.2. The van der Waals surface area contributed by atoms with Crippen molar-refractivity contribution in [1.82, 2.24) is 72.0 Å². The average Bonchev–Trinajstić information content (AvgIpc) is 1.60. The van der Waals surface area contributed by atoms with Gasteiger partial charge >= 0.3 is 17.1 Å². The van der Waals surface area contributed by atoms with Crippen LogP contribution >= 0.6 is 0 Å². The number of nitrogens with zero attached hydrogens (tertiary/aromatic N) is 16. The molecule has 31 nitrogen and oxygen atoms in total. The highest BCUT2D eigenvalue weighted by Gasteiger charge is 2.33. The van der Waals surface area contributed by atoms with E-state index >= 15 is 0 Å². The molecule has 2 aliphatic heterocycles. The van der Waals surface area contributed by atoms with Crippen LogP contribution < -0.4 is 59.1 Å². The average molecular weight is 1660 g/mol. The number of allylic oxidation sites excluding steroid dienone is 1. The number of carbonyl (C=O) groups is 3. The lowest BCUT2D eigenvalue weighted by Crippen LogP contribution is -2.43. The van der Waals surface area contributed by atoms with Crippen molar-refractivity contribution in [1.29, 1.82) is 0 Å². The summed E-state index contributed by atoms with van der Waals surface area (Å²) >= 11 is 0. The van der Waals surface area contributed by atoms with E-state index in [0.717, 1.165) is 38.8 Å². The second-order valence-electron chi connectivity index (χ2n) is 29.6. The predicted molar refractivity (Wildman–Crippen MR) is 479 cm³/mol. The van der Waals surface area contributed by atoms with Crippen molar-refractivity contribution in [3.05, 3.63) is 310 Å². The van der Waals surface area contributed by atoms with Gasteiger partial charge in [-0.15, -0.1) is 0 Å². The Kier molecular flexibility index (Phi) is 26.9. The summed E-state index contributed by atoms with van der Waals surface area (Å²) in [5, 5.41) is 5.74. The van der Waals surface area contributed by atoms with Gasteiger partial charge in [0.15, 0.2) is 34.4 Å². The van der Waals surface area contributed by atoms with Crippen molar-refractivity contribution in [2.75, 3.05) is 87.9 Å².